The zero-order valence-electron chi connectivity index (χ0n) is 18.6. The number of furan rings is 1. The molecule has 32 heavy (non-hydrogen) atoms. The van der Waals surface area contributed by atoms with Gasteiger partial charge in [-0.15, -0.1) is 0 Å². The molecule has 0 saturated carbocycles. The predicted molar refractivity (Wildman–Crippen MR) is 123 cm³/mol. The zero-order valence-corrected chi connectivity index (χ0v) is 19.4. The van der Waals surface area contributed by atoms with Crippen molar-refractivity contribution in [1.29, 1.82) is 0 Å². The van der Waals surface area contributed by atoms with Crippen LogP contribution in [0.25, 0.3) is 0 Å². The summed E-state index contributed by atoms with van der Waals surface area (Å²) in [6, 6.07) is 19.8. The van der Waals surface area contributed by atoms with E-state index in [-0.39, 0.29) is 29.9 Å². The molecule has 0 bridgehead atoms. The van der Waals surface area contributed by atoms with Crippen LogP contribution < -0.4 is 5.32 Å². The normalized spacial score (nSPS) is 12.8. The van der Waals surface area contributed by atoms with E-state index in [1.165, 1.54) is 6.26 Å². The summed E-state index contributed by atoms with van der Waals surface area (Å²) >= 11 is 0. The molecule has 0 aliphatic rings. The minimum absolute atomic E-state index is 0.0348. The van der Waals surface area contributed by atoms with Crippen LogP contribution in [0.2, 0.25) is 0 Å². The van der Waals surface area contributed by atoms with Gasteiger partial charge in [0, 0.05) is 6.54 Å². The lowest BCUT2D eigenvalue weighted by molar-refractivity contribution is -0.121. The van der Waals surface area contributed by atoms with Crippen LogP contribution >= 0.6 is 0 Å². The van der Waals surface area contributed by atoms with E-state index in [4.69, 9.17) is 4.42 Å². The van der Waals surface area contributed by atoms with Gasteiger partial charge in [-0.3, -0.25) is 4.79 Å². The van der Waals surface area contributed by atoms with E-state index in [1.807, 2.05) is 56.3 Å². The van der Waals surface area contributed by atoms with E-state index in [9.17, 15) is 13.2 Å². The first-order valence-electron chi connectivity index (χ1n) is 10.3. The number of nitrogens with one attached hydrogen (secondary N) is 1. The van der Waals surface area contributed by atoms with Gasteiger partial charge in [-0.1, -0.05) is 48.0 Å². The maximum Gasteiger partial charge on any atom is 0.243 e. The fraction of sp³-hybridized carbons (Fsp3) is 0.292. The van der Waals surface area contributed by atoms with Crippen LogP contribution in [0, 0.1) is 6.92 Å². The Morgan fingerprint density at radius 2 is 1.69 bits per heavy atom. The second kappa shape index (κ2) is 10.6. The molecule has 1 amide bonds. The molecule has 1 N–H and O–H groups in total. The van der Waals surface area contributed by atoms with Crippen LogP contribution in [0.3, 0.4) is 0 Å². The molecule has 0 spiro atoms. The number of carbonyl (C=O) groups excluding carboxylic acids is 1. The Balaban J connectivity index is 1.75. The molecule has 7 nitrogen and oxygen atoms in total. The first-order chi connectivity index (χ1) is 15.3. The zero-order chi connectivity index (χ0) is 23.1. The van der Waals surface area contributed by atoms with Crippen molar-refractivity contribution in [3.8, 4) is 0 Å². The Bertz CT molecular complexity index is 1100. The van der Waals surface area contributed by atoms with Gasteiger partial charge in [-0.25, -0.2) is 8.42 Å². The van der Waals surface area contributed by atoms with E-state index in [0.29, 0.717) is 12.3 Å². The van der Waals surface area contributed by atoms with Gasteiger partial charge in [0.1, 0.15) is 5.76 Å². The third-order valence-corrected chi connectivity index (χ3v) is 7.00. The molecule has 3 aromatic rings. The second-order valence-electron chi connectivity index (χ2n) is 7.86. The van der Waals surface area contributed by atoms with Gasteiger partial charge in [0.25, 0.3) is 0 Å². The molecule has 0 radical (unpaired) electrons. The van der Waals surface area contributed by atoms with Crippen molar-refractivity contribution in [1.82, 2.24) is 14.5 Å². The Morgan fingerprint density at radius 1 is 1.00 bits per heavy atom. The van der Waals surface area contributed by atoms with E-state index in [0.717, 1.165) is 15.4 Å². The highest BCUT2D eigenvalue weighted by molar-refractivity contribution is 7.89. The number of hydrogen-bond donors (Lipinski definition) is 1. The van der Waals surface area contributed by atoms with Gasteiger partial charge < -0.3 is 14.6 Å². The molecule has 1 heterocycles. The van der Waals surface area contributed by atoms with Gasteiger partial charge >= 0.3 is 0 Å². The average molecular weight is 456 g/mol. The fourth-order valence-corrected chi connectivity index (χ4v) is 4.72. The van der Waals surface area contributed by atoms with Crippen LogP contribution in [0.5, 0.6) is 0 Å². The number of sulfonamides is 1. The van der Waals surface area contributed by atoms with Crippen LogP contribution in [-0.4, -0.2) is 50.7 Å². The van der Waals surface area contributed by atoms with E-state index >= 15 is 0 Å². The highest BCUT2D eigenvalue weighted by Gasteiger charge is 2.28. The first kappa shape index (κ1) is 23.7. The lowest BCUT2D eigenvalue weighted by Crippen LogP contribution is -2.42. The maximum absolute atomic E-state index is 13.3. The van der Waals surface area contributed by atoms with E-state index < -0.39 is 10.0 Å². The number of hydrogen-bond acceptors (Lipinski definition) is 5. The van der Waals surface area contributed by atoms with Gasteiger partial charge in [0.05, 0.1) is 30.3 Å². The molecule has 1 aromatic heterocycles. The molecular weight excluding hydrogens is 426 g/mol. The largest absolute Gasteiger partial charge is 0.468 e. The van der Waals surface area contributed by atoms with Gasteiger partial charge in [0.2, 0.25) is 15.9 Å². The lowest BCUT2D eigenvalue weighted by Gasteiger charge is -2.26. The molecule has 8 heteroatoms. The highest BCUT2D eigenvalue weighted by Crippen LogP contribution is 2.20. The van der Waals surface area contributed by atoms with E-state index in [2.05, 4.69) is 5.32 Å². The Morgan fingerprint density at radius 3 is 2.28 bits per heavy atom. The predicted octanol–water partition coefficient (Wildman–Crippen LogP) is 3.20. The van der Waals surface area contributed by atoms with Crippen LogP contribution in [0.1, 0.15) is 22.9 Å². The third kappa shape index (κ3) is 6.06. The van der Waals surface area contributed by atoms with E-state index in [1.54, 1.807) is 36.4 Å². The quantitative estimate of drug-likeness (QED) is 0.508. The molecule has 2 aromatic carbocycles. The first-order valence-corrected chi connectivity index (χ1v) is 11.8. The Kier molecular flexibility index (Phi) is 7.84. The SMILES string of the molecule is Cc1ccc(S(=O)(=O)N(CC(=O)NCC(c2ccccc2)N(C)C)Cc2ccco2)cc1. The topological polar surface area (TPSA) is 82.9 Å². The summed E-state index contributed by atoms with van der Waals surface area (Å²) in [6.07, 6.45) is 1.48. The number of likely N-dealkylation sites (N-methyl/N-ethyl adjacent to an activating group) is 1. The van der Waals surface area contributed by atoms with Crippen molar-refractivity contribution >= 4 is 15.9 Å². The van der Waals surface area contributed by atoms with Crippen LogP contribution in [-0.2, 0) is 21.4 Å². The van der Waals surface area contributed by atoms with Gasteiger partial charge in [-0.2, -0.15) is 4.31 Å². The third-order valence-electron chi connectivity index (χ3n) is 5.19. The van der Waals surface area contributed by atoms with Gasteiger partial charge in [-0.05, 0) is 50.8 Å². The number of aryl methyl sites for hydroxylation is 1. The molecule has 0 aliphatic carbocycles. The summed E-state index contributed by atoms with van der Waals surface area (Å²) in [6.45, 7) is 1.89. The second-order valence-corrected chi connectivity index (χ2v) is 9.80. The standard InChI is InChI=1S/C24H29N3O4S/c1-19-11-13-22(14-12-19)32(29,30)27(17-21-10-7-15-31-21)18-24(28)25-16-23(26(2)3)20-8-5-4-6-9-20/h4-15,23H,16-18H2,1-3H3,(H,25,28). The fourth-order valence-electron chi connectivity index (χ4n) is 3.36. The van der Waals surface area contributed by atoms with Gasteiger partial charge in [0.15, 0.2) is 0 Å². The summed E-state index contributed by atoms with van der Waals surface area (Å²) < 4.78 is 33.0. The Hall–Kier alpha value is -2.94. The van der Waals surface area contributed by atoms with Crippen LogP contribution in [0.4, 0.5) is 0 Å². The molecular formula is C24H29N3O4S. The molecule has 1 unspecified atom stereocenters. The molecule has 0 aliphatic heterocycles. The number of amides is 1. The minimum atomic E-state index is -3.89. The lowest BCUT2D eigenvalue weighted by atomic mass is 10.1. The number of nitrogens with zero attached hydrogens (tertiary/aromatic N) is 2. The number of carbonyl (C=O) groups is 1. The molecule has 170 valence electrons. The smallest absolute Gasteiger partial charge is 0.243 e. The number of rotatable bonds is 10. The van der Waals surface area contributed by atoms with Crippen molar-refractivity contribution in [2.75, 3.05) is 27.2 Å². The maximum atomic E-state index is 13.3. The molecule has 3 rings (SSSR count). The van der Waals surface area contributed by atoms with Crippen LogP contribution in [0.15, 0.2) is 82.3 Å². The summed E-state index contributed by atoms with van der Waals surface area (Å²) in [5.41, 5.74) is 2.02. The molecule has 1 atom stereocenters. The van der Waals surface area contributed by atoms with Crippen molar-refractivity contribution in [3.05, 3.63) is 89.9 Å². The molecule has 0 saturated heterocycles. The minimum Gasteiger partial charge on any atom is -0.468 e. The van der Waals surface area contributed by atoms with Crippen molar-refractivity contribution < 1.29 is 17.6 Å². The monoisotopic (exact) mass is 455 g/mol. The Labute approximate surface area is 189 Å². The highest BCUT2D eigenvalue weighted by atomic mass is 32.2. The van der Waals surface area contributed by atoms with Crippen molar-refractivity contribution in [3.63, 3.8) is 0 Å². The average Bonchev–Trinajstić information content (AvgIpc) is 3.27. The number of benzene rings is 2. The van der Waals surface area contributed by atoms with Crippen molar-refractivity contribution in [2.45, 2.75) is 24.4 Å². The summed E-state index contributed by atoms with van der Waals surface area (Å²) in [5.74, 6) is 0.0824. The molecule has 0 fully saturated rings. The summed E-state index contributed by atoms with van der Waals surface area (Å²) in [7, 11) is -0.0152. The summed E-state index contributed by atoms with van der Waals surface area (Å²) in [4.78, 5) is 15.0. The van der Waals surface area contributed by atoms with Crippen molar-refractivity contribution in [2.24, 2.45) is 0 Å². The summed E-state index contributed by atoms with van der Waals surface area (Å²) in [5, 5.41) is 2.89.